The first-order chi connectivity index (χ1) is 15.5. The number of rotatable bonds is 8. The van der Waals surface area contributed by atoms with Crippen LogP contribution < -0.4 is 14.4 Å². The van der Waals surface area contributed by atoms with Crippen LogP contribution in [0.1, 0.15) is 37.7 Å². The molecule has 0 atom stereocenters. The number of benzene rings is 2. The lowest BCUT2D eigenvalue weighted by Crippen LogP contribution is -2.35. The zero-order chi connectivity index (χ0) is 22.6. The van der Waals surface area contributed by atoms with Crippen LogP contribution in [-0.4, -0.2) is 52.0 Å². The third kappa shape index (κ3) is 4.91. The average molecular weight is 459 g/mol. The van der Waals surface area contributed by atoms with E-state index in [1.807, 2.05) is 24.3 Å². The minimum absolute atomic E-state index is 0.0359. The van der Waals surface area contributed by atoms with E-state index in [0.717, 1.165) is 42.0 Å². The molecule has 1 fully saturated rings. The lowest BCUT2D eigenvalue weighted by atomic mass is 10.2. The van der Waals surface area contributed by atoms with Gasteiger partial charge in [0.1, 0.15) is 11.5 Å². The molecule has 2 aliphatic rings. The van der Waals surface area contributed by atoms with Crippen LogP contribution in [0.5, 0.6) is 11.5 Å². The molecular weight excluding hydrogens is 428 g/mol. The van der Waals surface area contributed by atoms with Crippen LogP contribution in [0.4, 0.5) is 5.69 Å². The Kier molecular flexibility index (Phi) is 7.01. The van der Waals surface area contributed by atoms with Gasteiger partial charge < -0.3 is 14.4 Å². The quantitative estimate of drug-likeness (QED) is 0.565. The fourth-order valence-corrected chi connectivity index (χ4v) is 5.84. The van der Waals surface area contributed by atoms with Gasteiger partial charge >= 0.3 is 0 Å². The third-order valence-electron chi connectivity index (χ3n) is 6.06. The Labute approximate surface area is 190 Å². The van der Waals surface area contributed by atoms with E-state index >= 15 is 0 Å². The minimum atomic E-state index is -3.46. The molecule has 0 unspecified atom stereocenters. The van der Waals surface area contributed by atoms with Crippen molar-refractivity contribution in [2.75, 3.05) is 38.3 Å². The second-order valence-electron chi connectivity index (χ2n) is 8.18. The molecule has 2 heterocycles. The van der Waals surface area contributed by atoms with Crippen molar-refractivity contribution in [1.29, 1.82) is 0 Å². The number of hydrogen-bond acceptors (Lipinski definition) is 5. The van der Waals surface area contributed by atoms with Gasteiger partial charge in [-0.2, -0.15) is 4.31 Å². The molecule has 0 radical (unpaired) electrons. The highest BCUT2D eigenvalue weighted by Crippen LogP contribution is 2.32. The molecule has 7 nitrogen and oxygen atoms in total. The second-order valence-corrected chi connectivity index (χ2v) is 10.1. The number of carbonyl (C=O) groups excluding carboxylic acids is 1. The molecule has 0 bridgehead atoms. The van der Waals surface area contributed by atoms with E-state index < -0.39 is 10.0 Å². The molecule has 2 aromatic rings. The maximum absolute atomic E-state index is 13.0. The van der Waals surface area contributed by atoms with Crippen LogP contribution in [0.2, 0.25) is 0 Å². The highest BCUT2D eigenvalue weighted by Gasteiger charge is 2.29. The van der Waals surface area contributed by atoms with Crippen molar-refractivity contribution in [3.63, 3.8) is 0 Å². The first-order valence-electron chi connectivity index (χ1n) is 11.2. The van der Waals surface area contributed by atoms with Crippen molar-refractivity contribution in [2.45, 2.75) is 43.4 Å². The summed E-state index contributed by atoms with van der Waals surface area (Å²) in [6.45, 7) is 2.21. The van der Waals surface area contributed by atoms with Gasteiger partial charge in [0.2, 0.25) is 15.9 Å². The number of piperidine rings is 1. The van der Waals surface area contributed by atoms with Crippen LogP contribution in [-0.2, 0) is 21.2 Å². The van der Waals surface area contributed by atoms with E-state index in [0.29, 0.717) is 50.4 Å². The maximum Gasteiger partial charge on any atom is 0.243 e. The predicted molar refractivity (Wildman–Crippen MR) is 123 cm³/mol. The number of hydrogen-bond donors (Lipinski definition) is 0. The monoisotopic (exact) mass is 458 g/mol. The minimum Gasteiger partial charge on any atom is -0.497 e. The zero-order valence-corrected chi connectivity index (χ0v) is 19.3. The van der Waals surface area contributed by atoms with Gasteiger partial charge in [-0.1, -0.05) is 6.42 Å². The molecule has 8 heteroatoms. The van der Waals surface area contributed by atoms with E-state index in [2.05, 4.69) is 0 Å². The van der Waals surface area contributed by atoms with Gasteiger partial charge in [0.25, 0.3) is 0 Å². The summed E-state index contributed by atoms with van der Waals surface area (Å²) in [5, 5.41) is 0. The molecule has 0 N–H and O–H groups in total. The predicted octanol–water partition coefficient (Wildman–Crippen LogP) is 3.62. The number of amides is 1. The highest BCUT2D eigenvalue weighted by molar-refractivity contribution is 7.89. The number of anilines is 1. The molecule has 2 aromatic carbocycles. The second kappa shape index (κ2) is 9.92. The van der Waals surface area contributed by atoms with E-state index in [1.165, 1.54) is 0 Å². The Bertz CT molecular complexity index is 1050. The topological polar surface area (TPSA) is 76.1 Å². The molecule has 32 heavy (non-hydrogen) atoms. The van der Waals surface area contributed by atoms with Crippen molar-refractivity contribution < 1.29 is 22.7 Å². The lowest BCUT2D eigenvalue weighted by molar-refractivity contribution is -0.118. The van der Waals surface area contributed by atoms with Crippen LogP contribution in [0.3, 0.4) is 0 Å². The normalized spacial score (nSPS) is 16.6. The molecule has 172 valence electrons. The van der Waals surface area contributed by atoms with E-state index in [4.69, 9.17) is 9.47 Å². The summed E-state index contributed by atoms with van der Waals surface area (Å²) in [5.41, 5.74) is 1.74. The van der Waals surface area contributed by atoms with Gasteiger partial charge in [0.05, 0.1) is 18.6 Å². The van der Waals surface area contributed by atoms with E-state index in [1.54, 1.807) is 34.5 Å². The highest BCUT2D eigenvalue weighted by atomic mass is 32.2. The molecule has 0 saturated carbocycles. The van der Waals surface area contributed by atoms with Crippen molar-refractivity contribution in [2.24, 2.45) is 0 Å². The molecule has 1 amide bonds. The SMILES string of the molecule is COc1ccc(OCCCC(=O)N2CCc3cc(S(=O)(=O)N4CCCCC4)ccc32)cc1. The van der Waals surface area contributed by atoms with Crippen LogP contribution in [0.25, 0.3) is 0 Å². The Balaban J connectivity index is 1.33. The first-order valence-corrected chi connectivity index (χ1v) is 12.6. The van der Waals surface area contributed by atoms with E-state index in [-0.39, 0.29) is 5.91 Å². The third-order valence-corrected chi connectivity index (χ3v) is 7.96. The average Bonchev–Trinajstić information content (AvgIpc) is 3.26. The molecule has 4 rings (SSSR count). The maximum atomic E-state index is 13.0. The summed E-state index contributed by atoms with van der Waals surface area (Å²) in [6.07, 6.45) is 4.57. The number of fused-ring (bicyclic) bond motifs is 1. The fraction of sp³-hybridized carbons (Fsp3) is 0.458. The van der Waals surface area contributed by atoms with Gasteiger partial charge in [0.15, 0.2) is 0 Å². The lowest BCUT2D eigenvalue weighted by Gasteiger charge is -2.26. The number of sulfonamides is 1. The summed E-state index contributed by atoms with van der Waals surface area (Å²) in [6, 6.07) is 12.5. The number of ether oxygens (including phenoxy) is 2. The first kappa shape index (κ1) is 22.6. The van der Waals surface area contributed by atoms with Gasteiger partial charge in [-0.05, 0) is 73.7 Å². The Morgan fingerprint density at radius 3 is 2.41 bits per heavy atom. The summed E-state index contributed by atoms with van der Waals surface area (Å²) >= 11 is 0. The summed E-state index contributed by atoms with van der Waals surface area (Å²) in [7, 11) is -1.85. The summed E-state index contributed by atoms with van der Waals surface area (Å²) in [5.74, 6) is 1.55. The van der Waals surface area contributed by atoms with Crippen molar-refractivity contribution in [3.8, 4) is 11.5 Å². The fourth-order valence-electron chi connectivity index (χ4n) is 4.27. The van der Waals surface area contributed by atoms with Crippen LogP contribution in [0.15, 0.2) is 47.4 Å². The number of nitrogens with zero attached hydrogens (tertiary/aromatic N) is 2. The standard InChI is InChI=1S/C24H30N2O5S/c1-30-20-7-9-21(10-8-20)31-17-5-6-24(27)26-16-13-19-18-22(11-12-23(19)26)32(28,29)25-14-3-2-4-15-25/h7-12,18H,2-6,13-17H2,1H3. The summed E-state index contributed by atoms with van der Waals surface area (Å²) < 4.78 is 38.3. The Morgan fingerprint density at radius 2 is 1.69 bits per heavy atom. The van der Waals surface area contributed by atoms with E-state index in [9.17, 15) is 13.2 Å². The number of methoxy groups -OCH3 is 1. The molecule has 2 aliphatic heterocycles. The van der Waals surface area contributed by atoms with Gasteiger partial charge in [-0.3, -0.25) is 4.79 Å². The van der Waals surface area contributed by atoms with Crippen LogP contribution >= 0.6 is 0 Å². The molecular formula is C24H30N2O5S. The Hall–Kier alpha value is -2.58. The number of carbonyl (C=O) groups is 1. The van der Waals surface area contributed by atoms with Gasteiger partial charge in [-0.25, -0.2) is 8.42 Å². The van der Waals surface area contributed by atoms with Crippen molar-refractivity contribution in [3.05, 3.63) is 48.0 Å². The summed E-state index contributed by atoms with van der Waals surface area (Å²) in [4.78, 5) is 14.9. The van der Waals surface area contributed by atoms with Gasteiger partial charge in [-0.15, -0.1) is 0 Å². The van der Waals surface area contributed by atoms with Crippen molar-refractivity contribution in [1.82, 2.24) is 4.31 Å². The molecule has 0 spiro atoms. The zero-order valence-electron chi connectivity index (χ0n) is 18.5. The van der Waals surface area contributed by atoms with Crippen LogP contribution in [0, 0.1) is 0 Å². The largest absolute Gasteiger partial charge is 0.497 e. The molecule has 0 aliphatic carbocycles. The Morgan fingerprint density at radius 1 is 0.969 bits per heavy atom. The van der Waals surface area contributed by atoms with Crippen molar-refractivity contribution >= 4 is 21.6 Å². The molecule has 1 saturated heterocycles. The molecule has 0 aromatic heterocycles. The van der Waals surface area contributed by atoms with Gasteiger partial charge in [0, 0.05) is 31.7 Å². The smallest absolute Gasteiger partial charge is 0.243 e.